The largest absolute Gasteiger partial charge is 0.491 e. The maximum atomic E-state index is 14.1. The van der Waals surface area contributed by atoms with Crippen LogP contribution >= 0.6 is 0 Å². The summed E-state index contributed by atoms with van der Waals surface area (Å²) in [5.74, 6) is 0.658. The van der Waals surface area contributed by atoms with Crippen molar-refractivity contribution >= 4 is 0 Å². The Kier molecular flexibility index (Phi) is 6.91. The molecular formula is C20H27FN2O2. The molecule has 136 valence electrons. The van der Waals surface area contributed by atoms with Crippen molar-refractivity contribution in [2.45, 2.75) is 46.4 Å². The molecule has 1 aromatic carbocycles. The lowest BCUT2D eigenvalue weighted by Crippen LogP contribution is -2.36. The summed E-state index contributed by atoms with van der Waals surface area (Å²) in [4.78, 5) is 4.45. The zero-order valence-electron chi connectivity index (χ0n) is 15.3. The summed E-state index contributed by atoms with van der Waals surface area (Å²) in [6.45, 7) is 8.24. The van der Waals surface area contributed by atoms with E-state index in [1.54, 1.807) is 6.07 Å². The minimum atomic E-state index is -0.355. The number of aromatic nitrogens is 1. The second kappa shape index (κ2) is 8.92. The fraction of sp³-hybridized carbons (Fsp3) is 0.450. The van der Waals surface area contributed by atoms with Gasteiger partial charge in [-0.15, -0.1) is 0 Å². The van der Waals surface area contributed by atoms with Crippen LogP contribution in [0.25, 0.3) is 11.3 Å². The molecule has 1 atom stereocenters. The van der Waals surface area contributed by atoms with Gasteiger partial charge in [-0.1, -0.05) is 26.0 Å². The Balaban J connectivity index is 2.20. The molecule has 0 radical (unpaired) electrons. The Morgan fingerprint density at radius 2 is 1.92 bits per heavy atom. The molecule has 0 aliphatic heterocycles. The van der Waals surface area contributed by atoms with E-state index in [9.17, 15) is 9.50 Å². The smallest absolute Gasteiger partial charge is 0.146 e. The fourth-order valence-corrected chi connectivity index (χ4v) is 2.51. The van der Waals surface area contributed by atoms with Gasteiger partial charge in [0.05, 0.1) is 24.1 Å². The minimum absolute atomic E-state index is 0.00750. The van der Waals surface area contributed by atoms with Crippen LogP contribution in [0.15, 0.2) is 36.4 Å². The maximum absolute atomic E-state index is 14.1. The van der Waals surface area contributed by atoms with Crippen LogP contribution in [0, 0.1) is 11.7 Å². The molecule has 5 heteroatoms. The van der Waals surface area contributed by atoms with Crippen LogP contribution in [0.3, 0.4) is 0 Å². The normalized spacial score (nSPS) is 12.6. The van der Waals surface area contributed by atoms with Crippen LogP contribution in [-0.2, 0) is 6.54 Å². The summed E-state index contributed by atoms with van der Waals surface area (Å²) in [6.07, 6.45) is 0.0858. The number of pyridine rings is 1. The second-order valence-corrected chi connectivity index (χ2v) is 6.73. The van der Waals surface area contributed by atoms with Crippen molar-refractivity contribution in [1.82, 2.24) is 10.3 Å². The molecule has 25 heavy (non-hydrogen) atoms. The molecule has 0 fully saturated rings. The predicted molar refractivity (Wildman–Crippen MR) is 97.9 cm³/mol. The number of benzene rings is 1. The van der Waals surface area contributed by atoms with Crippen LogP contribution in [0.5, 0.6) is 5.75 Å². The van der Waals surface area contributed by atoms with E-state index >= 15 is 0 Å². The third kappa shape index (κ3) is 5.51. The molecule has 1 aromatic heterocycles. The van der Waals surface area contributed by atoms with Gasteiger partial charge in [0, 0.05) is 18.2 Å². The number of nitrogens with one attached hydrogen (secondary N) is 1. The first-order chi connectivity index (χ1) is 11.9. The molecule has 2 rings (SSSR count). The SMILES string of the molecule is CC(C)Oc1cccc(-c2ccc(F)c(CN[C@@H](CO)C(C)C)n2)c1. The standard InChI is InChI=1S/C20H27FN2O2/c1-13(2)20(12-24)22-11-19-17(21)8-9-18(23-19)15-6-5-7-16(10-15)25-14(3)4/h5-10,13-14,20,22,24H,11-12H2,1-4H3/t20-/m0/s1. The van der Waals surface area contributed by atoms with Crippen molar-refractivity contribution in [2.75, 3.05) is 6.61 Å². The highest BCUT2D eigenvalue weighted by Gasteiger charge is 2.14. The number of rotatable bonds is 8. The van der Waals surface area contributed by atoms with Gasteiger partial charge in [0.2, 0.25) is 0 Å². The summed E-state index contributed by atoms with van der Waals surface area (Å²) in [7, 11) is 0. The highest BCUT2D eigenvalue weighted by molar-refractivity contribution is 5.61. The Bertz CT molecular complexity index is 689. The van der Waals surface area contributed by atoms with Gasteiger partial charge in [-0.2, -0.15) is 0 Å². The van der Waals surface area contributed by atoms with E-state index < -0.39 is 0 Å². The second-order valence-electron chi connectivity index (χ2n) is 6.73. The fourth-order valence-electron chi connectivity index (χ4n) is 2.51. The highest BCUT2D eigenvalue weighted by Crippen LogP contribution is 2.24. The van der Waals surface area contributed by atoms with E-state index in [1.807, 2.05) is 52.0 Å². The number of hydrogen-bond acceptors (Lipinski definition) is 4. The third-order valence-corrected chi connectivity index (χ3v) is 3.95. The van der Waals surface area contributed by atoms with Crippen molar-refractivity contribution in [3.63, 3.8) is 0 Å². The van der Waals surface area contributed by atoms with Crippen molar-refractivity contribution < 1.29 is 14.2 Å². The molecule has 0 aliphatic carbocycles. The molecule has 0 unspecified atom stereocenters. The van der Waals surface area contributed by atoms with Crippen LogP contribution in [0.4, 0.5) is 4.39 Å². The molecule has 0 aliphatic rings. The van der Waals surface area contributed by atoms with Gasteiger partial charge < -0.3 is 15.2 Å². The third-order valence-electron chi connectivity index (χ3n) is 3.95. The first-order valence-electron chi connectivity index (χ1n) is 8.67. The Labute approximate surface area is 149 Å². The van der Waals surface area contributed by atoms with Crippen LogP contribution in [-0.4, -0.2) is 28.8 Å². The Hall–Kier alpha value is -1.98. The number of ether oxygens (including phenoxy) is 1. The van der Waals surface area contributed by atoms with E-state index in [4.69, 9.17) is 4.74 Å². The van der Waals surface area contributed by atoms with Gasteiger partial charge in [-0.05, 0) is 44.0 Å². The number of hydrogen-bond donors (Lipinski definition) is 2. The van der Waals surface area contributed by atoms with Gasteiger partial charge in [-0.3, -0.25) is 0 Å². The van der Waals surface area contributed by atoms with Crippen molar-refractivity contribution in [1.29, 1.82) is 0 Å². The van der Waals surface area contributed by atoms with E-state index in [-0.39, 0.29) is 37.0 Å². The highest BCUT2D eigenvalue weighted by atomic mass is 19.1. The average Bonchev–Trinajstić information content (AvgIpc) is 2.56. The topological polar surface area (TPSA) is 54.4 Å². The van der Waals surface area contributed by atoms with Gasteiger partial charge in [-0.25, -0.2) is 9.37 Å². The molecular weight excluding hydrogens is 319 g/mol. The maximum Gasteiger partial charge on any atom is 0.146 e. The number of aliphatic hydroxyl groups excluding tert-OH is 1. The minimum Gasteiger partial charge on any atom is -0.491 e. The lowest BCUT2D eigenvalue weighted by Gasteiger charge is -2.20. The summed E-state index contributed by atoms with van der Waals surface area (Å²) >= 11 is 0. The summed E-state index contributed by atoms with van der Waals surface area (Å²) in [5, 5.41) is 12.6. The number of halogens is 1. The van der Waals surface area contributed by atoms with Crippen LogP contribution in [0.1, 0.15) is 33.4 Å². The van der Waals surface area contributed by atoms with Crippen molar-refractivity contribution in [2.24, 2.45) is 5.92 Å². The quantitative estimate of drug-likeness (QED) is 0.764. The molecule has 0 saturated heterocycles. The molecule has 0 bridgehead atoms. The lowest BCUT2D eigenvalue weighted by atomic mass is 10.1. The lowest BCUT2D eigenvalue weighted by molar-refractivity contribution is 0.209. The number of nitrogens with zero attached hydrogens (tertiary/aromatic N) is 1. The van der Waals surface area contributed by atoms with Crippen molar-refractivity contribution in [3.05, 3.63) is 47.9 Å². The molecule has 0 saturated carbocycles. The van der Waals surface area contributed by atoms with E-state index in [0.29, 0.717) is 11.4 Å². The average molecular weight is 346 g/mol. The molecule has 4 nitrogen and oxygen atoms in total. The summed E-state index contributed by atoms with van der Waals surface area (Å²) in [5.41, 5.74) is 1.91. The molecule has 0 spiro atoms. The zero-order chi connectivity index (χ0) is 18.4. The Morgan fingerprint density at radius 3 is 2.56 bits per heavy atom. The van der Waals surface area contributed by atoms with Crippen LogP contribution in [0.2, 0.25) is 0 Å². The van der Waals surface area contributed by atoms with E-state index in [2.05, 4.69) is 10.3 Å². The molecule has 0 amide bonds. The first-order valence-corrected chi connectivity index (χ1v) is 8.67. The van der Waals surface area contributed by atoms with Gasteiger partial charge in [0.15, 0.2) is 0 Å². The van der Waals surface area contributed by atoms with E-state index in [1.165, 1.54) is 6.07 Å². The van der Waals surface area contributed by atoms with Gasteiger partial charge in [0.1, 0.15) is 11.6 Å². The van der Waals surface area contributed by atoms with Gasteiger partial charge >= 0.3 is 0 Å². The van der Waals surface area contributed by atoms with Gasteiger partial charge in [0.25, 0.3) is 0 Å². The predicted octanol–water partition coefficient (Wildman–Crippen LogP) is 3.78. The first kappa shape index (κ1) is 19.3. The molecule has 1 heterocycles. The Morgan fingerprint density at radius 1 is 1.16 bits per heavy atom. The monoisotopic (exact) mass is 346 g/mol. The van der Waals surface area contributed by atoms with E-state index in [0.717, 1.165) is 11.3 Å². The summed E-state index contributed by atoms with van der Waals surface area (Å²) < 4.78 is 19.8. The number of aliphatic hydroxyl groups is 1. The zero-order valence-corrected chi connectivity index (χ0v) is 15.3. The van der Waals surface area contributed by atoms with Crippen molar-refractivity contribution in [3.8, 4) is 17.0 Å². The van der Waals surface area contributed by atoms with Crippen LogP contribution < -0.4 is 10.1 Å². The molecule has 2 N–H and O–H groups in total. The summed E-state index contributed by atoms with van der Waals surface area (Å²) in [6, 6.07) is 10.6. The molecule has 2 aromatic rings.